The highest BCUT2D eigenvalue weighted by molar-refractivity contribution is 7.92. The Labute approximate surface area is 199 Å². The first-order chi connectivity index (χ1) is 16.4. The Morgan fingerprint density at radius 2 is 1.56 bits per heavy atom. The Hall–Kier alpha value is -3.72. The number of hydrogen-bond donors (Lipinski definition) is 2. The molecular formula is C25H28N2O6S. The summed E-state index contributed by atoms with van der Waals surface area (Å²) in [5.41, 5.74) is 0.914. The lowest BCUT2D eigenvalue weighted by Crippen LogP contribution is -2.16. The summed E-state index contributed by atoms with van der Waals surface area (Å²) in [6.07, 6.45) is 1.98. The van der Waals surface area contributed by atoms with Crippen LogP contribution in [-0.2, 0) is 10.0 Å². The van der Waals surface area contributed by atoms with Crippen molar-refractivity contribution in [2.75, 3.05) is 30.9 Å². The van der Waals surface area contributed by atoms with E-state index >= 15 is 0 Å². The SMILES string of the molecule is CCCCOc1ccc(C(=O)Nc2cc(S(=O)(=O)Nc3ccccc3OC)ccc2OC)cc1. The van der Waals surface area contributed by atoms with E-state index in [9.17, 15) is 13.2 Å². The highest BCUT2D eigenvalue weighted by Crippen LogP contribution is 2.31. The van der Waals surface area contributed by atoms with Crippen molar-refractivity contribution in [1.82, 2.24) is 0 Å². The predicted octanol–water partition coefficient (Wildman–Crippen LogP) is 4.94. The van der Waals surface area contributed by atoms with Crippen LogP contribution >= 0.6 is 0 Å². The molecule has 2 N–H and O–H groups in total. The summed E-state index contributed by atoms with van der Waals surface area (Å²) in [7, 11) is -1.07. The molecule has 0 aliphatic carbocycles. The number of benzene rings is 3. The first-order valence-corrected chi connectivity index (χ1v) is 12.2. The van der Waals surface area contributed by atoms with Gasteiger partial charge in [-0.1, -0.05) is 25.5 Å². The lowest BCUT2D eigenvalue weighted by Gasteiger charge is -2.15. The fourth-order valence-electron chi connectivity index (χ4n) is 3.12. The van der Waals surface area contributed by atoms with Crippen LogP contribution in [0.5, 0.6) is 17.2 Å². The summed E-state index contributed by atoms with van der Waals surface area (Å²) >= 11 is 0. The van der Waals surface area contributed by atoms with Gasteiger partial charge < -0.3 is 19.5 Å². The molecular weight excluding hydrogens is 456 g/mol. The molecule has 0 radical (unpaired) electrons. The summed E-state index contributed by atoms with van der Waals surface area (Å²) in [4.78, 5) is 12.8. The largest absolute Gasteiger partial charge is 0.495 e. The Balaban J connectivity index is 1.80. The minimum Gasteiger partial charge on any atom is -0.495 e. The second kappa shape index (κ2) is 11.4. The van der Waals surface area contributed by atoms with Gasteiger partial charge in [-0.15, -0.1) is 0 Å². The molecule has 34 heavy (non-hydrogen) atoms. The van der Waals surface area contributed by atoms with Gasteiger partial charge in [-0.05, 0) is 61.0 Å². The number of amides is 1. The lowest BCUT2D eigenvalue weighted by molar-refractivity contribution is 0.102. The van der Waals surface area contributed by atoms with Gasteiger partial charge in [0.15, 0.2) is 0 Å². The maximum atomic E-state index is 13.0. The Bertz CT molecular complexity index is 1230. The average molecular weight is 485 g/mol. The quantitative estimate of drug-likeness (QED) is 0.374. The number of unbranched alkanes of at least 4 members (excludes halogenated alkanes) is 1. The van der Waals surface area contributed by atoms with Gasteiger partial charge >= 0.3 is 0 Å². The van der Waals surface area contributed by atoms with E-state index in [0.29, 0.717) is 35.1 Å². The van der Waals surface area contributed by atoms with Gasteiger partial charge in [0, 0.05) is 5.56 Å². The maximum absolute atomic E-state index is 13.0. The standard InChI is InChI=1S/C25H28N2O6S/c1-4-5-16-33-19-12-10-18(11-13-19)25(28)26-22-17-20(14-15-24(22)32-3)34(29,30)27-21-8-6-7-9-23(21)31-2/h6-15,17,27H,4-5,16H2,1-3H3,(H,26,28). The molecule has 0 spiro atoms. The van der Waals surface area contributed by atoms with Crippen molar-refractivity contribution in [3.05, 3.63) is 72.3 Å². The Kier molecular flexibility index (Phi) is 8.37. The van der Waals surface area contributed by atoms with Gasteiger partial charge in [0.25, 0.3) is 15.9 Å². The topological polar surface area (TPSA) is 103 Å². The summed E-state index contributed by atoms with van der Waals surface area (Å²) in [6, 6.07) is 17.6. The first-order valence-electron chi connectivity index (χ1n) is 10.8. The number of ether oxygens (including phenoxy) is 3. The molecule has 3 rings (SSSR count). The van der Waals surface area contributed by atoms with Crippen LogP contribution in [-0.4, -0.2) is 35.2 Å². The van der Waals surface area contributed by atoms with Crippen molar-refractivity contribution in [3.63, 3.8) is 0 Å². The van der Waals surface area contributed by atoms with Crippen LogP contribution in [0.3, 0.4) is 0 Å². The molecule has 0 heterocycles. The monoisotopic (exact) mass is 484 g/mol. The average Bonchev–Trinajstić information content (AvgIpc) is 2.84. The third-order valence-electron chi connectivity index (χ3n) is 4.96. The smallest absolute Gasteiger partial charge is 0.262 e. The van der Waals surface area contributed by atoms with Crippen LogP contribution < -0.4 is 24.2 Å². The number of rotatable bonds is 11. The van der Waals surface area contributed by atoms with Crippen LogP contribution in [0.15, 0.2) is 71.6 Å². The van der Waals surface area contributed by atoms with Gasteiger partial charge in [0.1, 0.15) is 17.2 Å². The highest BCUT2D eigenvalue weighted by atomic mass is 32.2. The molecule has 9 heteroatoms. The van der Waals surface area contributed by atoms with Crippen molar-refractivity contribution in [1.29, 1.82) is 0 Å². The number of sulfonamides is 1. The number of hydrogen-bond acceptors (Lipinski definition) is 6. The van der Waals surface area contributed by atoms with Crippen molar-refractivity contribution < 1.29 is 27.4 Å². The molecule has 0 fully saturated rings. The first kappa shape index (κ1) is 24.9. The van der Waals surface area contributed by atoms with Crippen LogP contribution in [0.4, 0.5) is 11.4 Å². The number of para-hydroxylation sites is 2. The van der Waals surface area contributed by atoms with Crippen LogP contribution in [0.25, 0.3) is 0 Å². The summed E-state index contributed by atoms with van der Waals surface area (Å²) < 4.78 is 44.6. The van der Waals surface area contributed by atoms with E-state index in [2.05, 4.69) is 17.0 Å². The zero-order valence-electron chi connectivity index (χ0n) is 19.3. The summed E-state index contributed by atoms with van der Waals surface area (Å²) in [5, 5.41) is 2.73. The summed E-state index contributed by atoms with van der Waals surface area (Å²) in [5.74, 6) is 0.975. The Morgan fingerprint density at radius 3 is 2.24 bits per heavy atom. The van der Waals surface area contributed by atoms with Crippen molar-refractivity contribution in [2.45, 2.75) is 24.7 Å². The maximum Gasteiger partial charge on any atom is 0.262 e. The number of carbonyl (C=O) groups excluding carboxylic acids is 1. The molecule has 0 aliphatic rings. The van der Waals surface area contributed by atoms with E-state index in [1.807, 2.05) is 0 Å². The molecule has 0 aromatic heterocycles. The number of methoxy groups -OCH3 is 2. The second-order valence-electron chi connectivity index (χ2n) is 7.35. The molecule has 180 valence electrons. The number of carbonyl (C=O) groups is 1. The van der Waals surface area contributed by atoms with Crippen LogP contribution in [0, 0.1) is 0 Å². The van der Waals surface area contributed by atoms with E-state index in [0.717, 1.165) is 12.8 Å². The molecule has 0 saturated carbocycles. The third kappa shape index (κ3) is 6.20. The van der Waals surface area contributed by atoms with E-state index in [4.69, 9.17) is 14.2 Å². The minimum absolute atomic E-state index is 0.0471. The van der Waals surface area contributed by atoms with E-state index < -0.39 is 15.9 Å². The van der Waals surface area contributed by atoms with Gasteiger partial charge in [-0.3, -0.25) is 9.52 Å². The lowest BCUT2D eigenvalue weighted by atomic mass is 10.2. The highest BCUT2D eigenvalue weighted by Gasteiger charge is 2.20. The van der Waals surface area contributed by atoms with Crippen LogP contribution in [0.2, 0.25) is 0 Å². The van der Waals surface area contributed by atoms with E-state index in [1.54, 1.807) is 48.5 Å². The predicted molar refractivity (Wildman–Crippen MR) is 132 cm³/mol. The summed E-state index contributed by atoms with van der Waals surface area (Å²) in [6.45, 7) is 2.70. The molecule has 3 aromatic rings. The second-order valence-corrected chi connectivity index (χ2v) is 9.03. The number of nitrogens with one attached hydrogen (secondary N) is 2. The molecule has 0 aliphatic heterocycles. The number of anilines is 2. The van der Waals surface area contributed by atoms with Gasteiger partial charge in [0.05, 0.1) is 37.1 Å². The molecule has 3 aromatic carbocycles. The van der Waals surface area contributed by atoms with E-state index in [1.165, 1.54) is 32.4 Å². The third-order valence-corrected chi connectivity index (χ3v) is 6.33. The molecule has 0 unspecified atom stereocenters. The van der Waals surface area contributed by atoms with Crippen molar-refractivity contribution in [3.8, 4) is 17.2 Å². The molecule has 0 atom stereocenters. The van der Waals surface area contributed by atoms with Gasteiger partial charge in [-0.2, -0.15) is 0 Å². The zero-order chi connectivity index (χ0) is 24.6. The fraction of sp³-hybridized carbons (Fsp3) is 0.240. The van der Waals surface area contributed by atoms with Crippen LogP contribution in [0.1, 0.15) is 30.1 Å². The van der Waals surface area contributed by atoms with Gasteiger partial charge in [-0.25, -0.2) is 8.42 Å². The van der Waals surface area contributed by atoms with Gasteiger partial charge in [0.2, 0.25) is 0 Å². The van der Waals surface area contributed by atoms with Crippen molar-refractivity contribution in [2.24, 2.45) is 0 Å². The molecule has 0 saturated heterocycles. The molecule has 1 amide bonds. The normalized spacial score (nSPS) is 10.9. The zero-order valence-corrected chi connectivity index (χ0v) is 20.1. The fourth-order valence-corrected chi connectivity index (χ4v) is 4.21. The van der Waals surface area contributed by atoms with Crippen molar-refractivity contribution >= 4 is 27.3 Å². The molecule has 8 nitrogen and oxygen atoms in total. The van der Waals surface area contributed by atoms with E-state index in [-0.39, 0.29) is 10.6 Å². The Morgan fingerprint density at radius 1 is 0.882 bits per heavy atom. The minimum atomic E-state index is -3.96. The molecule has 0 bridgehead atoms.